The average molecular weight is 266 g/mol. The monoisotopic (exact) mass is 266 g/mol. The molecule has 18 heavy (non-hydrogen) atoms. The Hall–Kier alpha value is -0.810. The van der Waals surface area contributed by atoms with Crippen molar-refractivity contribution in [3.8, 4) is 0 Å². The van der Waals surface area contributed by atoms with Crippen LogP contribution in [0, 0.1) is 5.92 Å². The van der Waals surface area contributed by atoms with E-state index in [1.165, 1.54) is 19.5 Å². The summed E-state index contributed by atoms with van der Waals surface area (Å²) in [6, 6.07) is 2.68. The van der Waals surface area contributed by atoms with Crippen molar-refractivity contribution >= 4 is 17.6 Å². The molecule has 1 unspecified atom stereocenters. The van der Waals surface area contributed by atoms with E-state index in [4.69, 9.17) is 0 Å². The molecule has 0 aromatic carbocycles. The maximum atomic E-state index is 4.25. The van der Waals surface area contributed by atoms with E-state index in [1.807, 2.05) is 12.3 Å². The number of hydrogen-bond donors (Lipinski definition) is 1. The van der Waals surface area contributed by atoms with Gasteiger partial charge in [-0.3, -0.25) is 0 Å². The molecule has 0 spiro atoms. The number of thioether (sulfide) groups is 1. The van der Waals surface area contributed by atoms with Gasteiger partial charge in [0.1, 0.15) is 17.2 Å². The Bertz CT molecular complexity index is 383. The lowest BCUT2D eigenvalue weighted by atomic mass is 10.1. The molecule has 0 aliphatic carbocycles. The Labute approximate surface area is 114 Å². The van der Waals surface area contributed by atoms with Gasteiger partial charge >= 0.3 is 0 Å². The molecule has 4 nitrogen and oxygen atoms in total. The molecule has 1 aliphatic heterocycles. The maximum Gasteiger partial charge on any atom is 0.130 e. The molecule has 0 radical (unpaired) electrons. The summed E-state index contributed by atoms with van der Waals surface area (Å²) in [6.07, 6.45) is 4.94. The number of aromatic nitrogens is 2. The van der Waals surface area contributed by atoms with Crippen LogP contribution in [-0.4, -0.2) is 46.8 Å². The molecule has 1 saturated heterocycles. The Balaban J connectivity index is 1.81. The van der Waals surface area contributed by atoms with Crippen LogP contribution in [0.25, 0.3) is 0 Å². The number of hydrogen-bond acceptors (Lipinski definition) is 5. The first-order valence-electron chi connectivity index (χ1n) is 6.53. The van der Waals surface area contributed by atoms with Crippen LogP contribution >= 0.6 is 11.8 Å². The van der Waals surface area contributed by atoms with Crippen LogP contribution in [0.2, 0.25) is 0 Å². The lowest BCUT2D eigenvalue weighted by Gasteiger charge is -2.20. The van der Waals surface area contributed by atoms with Crippen LogP contribution in [0.4, 0.5) is 5.82 Å². The van der Waals surface area contributed by atoms with Crippen molar-refractivity contribution in [1.82, 2.24) is 14.9 Å². The summed E-state index contributed by atoms with van der Waals surface area (Å²) in [5.74, 6) is 1.68. The molecule has 5 heteroatoms. The summed E-state index contributed by atoms with van der Waals surface area (Å²) in [7, 11) is 0. The third-order valence-corrected chi connectivity index (χ3v) is 4.11. The second-order valence-electron chi connectivity index (χ2n) is 5.07. The standard InChI is InChI=1S/C13H22N4S/c1-10(2)17-5-4-11(8-17)7-14-12-6-13(18-3)16-9-15-12/h6,9-11H,4-5,7-8H2,1-3H3,(H,14,15,16). The minimum Gasteiger partial charge on any atom is -0.370 e. The summed E-state index contributed by atoms with van der Waals surface area (Å²) in [5.41, 5.74) is 0. The minimum atomic E-state index is 0.664. The molecule has 1 aromatic heterocycles. The number of likely N-dealkylation sites (tertiary alicyclic amines) is 1. The summed E-state index contributed by atoms with van der Waals surface area (Å²) in [5, 5.41) is 4.45. The van der Waals surface area contributed by atoms with E-state index < -0.39 is 0 Å². The molecular formula is C13H22N4S. The van der Waals surface area contributed by atoms with Crippen molar-refractivity contribution in [2.24, 2.45) is 5.92 Å². The first-order valence-corrected chi connectivity index (χ1v) is 7.75. The molecular weight excluding hydrogens is 244 g/mol. The molecule has 1 aliphatic rings. The molecule has 2 heterocycles. The maximum absolute atomic E-state index is 4.25. The van der Waals surface area contributed by atoms with Gasteiger partial charge in [0.2, 0.25) is 0 Å². The average Bonchev–Trinajstić information content (AvgIpc) is 2.85. The molecule has 1 atom stereocenters. The van der Waals surface area contributed by atoms with Crippen molar-refractivity contribution in [2.75, 3.05) is 31.2 Å². The molecule has 0 amide bonds. The predicted octanol–water partition coefficient (Wildman–Crippen LogP) is 2.34. The van der Waals surface area contributed by atoms with E-state index in [1.54, 1.807) is 18.1 Å². The third kappa shape index (κ3) is 3.59. The molecule has 1 aromatic rings. The summed E-state index contributed by atoms with van der Waals surface area (Å²) in [4.78, 5) is 11.0. The highest BCUT2D eigenvalue weighted by molar-refractivity contribution is 7.98. The highest BCUT2D eigenvalue weighted by Crippen LogP contribution is 2.19. The number of anilines is 1. The normalized spacial score (nSPS) is 20.6. The van der Waals surface area contributed by atoms with Crippen molar-refractivity contribution in [3.63, 3.8) is 0 Å². The fourth-order valence-electron chi connectivity index (χ4n) is 2.29. The van der Waals surface area contributed by atoms with Gasteiger partial charge in [0.05, 0.1) is 0 Å². The second-order valence-corrected chi connectivity index (χ2v) is 5.90. The molecule has 0 bridgehead atoms. The second kappa shape index (κ2) is 6.38. The highest BCUT2D eigenvalue weighted by Gasteiger charge is 2.23. The predicted molar refractivity (Wildman–Crippen MR) is 77.1 cm³/mol. The molecule has 1 N–H and O–H groups in total. The quantitative estimate of drug-likeness (QED) is 0.654. The summed E-state index contributed by atoms with van der Waals surface area (Å²) in [6.45, 7) is 7.97. The van der Waals surface area contributed by atoms with E-state index in [0.717, 1.165) is 23.3 Å². The van der Waals surface area contributed by atoms with Gasteiger partial charge in [-0.1, -0.05) is 0 Å². The number of nitrogens with one attached hydrogen (secondary N) is 1. The lowest BCUT2D eigenvalue weighted by Crippen LogP contribution is -2.29. The third-order valence-electron chi connectivity index (χ3n) is 3.47. The first-order chi connectivity index (χ1) is 8.69. The van der Waals surface area contributed by atoms with Crippen LogP contribution in [-0.2, 0) is 0 Å². The zero-order valence-electron chi connectivity index (χ0n) is 11.4. The number of nitrogens with zero attached hydrogens (tertiary/aromatic N) is 3. The van der Waals surface area contributed by atoms with Gasteiger partial charge < -0.3 is 10.2 Å². The number of rotatable bonds is 5. The smallest absolute Gasteiger partial charge is 0.130 e. The fraction of sp³-hybridized carbons (Fsp3) is 0.692. The Morgan fingerprint density at radius 2 is 2.33 bits per heavy atom. The zero-order chi connectivity index (χ0) is 13.0. The van der Waals surface area contributed by atoms with E-state index >= 15 is 0 Å². The highest BCUT2D eigenvalue weighted by atomic mass is 32.2. The van der Waals surface area contributed by atoms with Crippen LogP contribution in [0.15, 0.2) is 17.4 Å². The van der Waals surface area contributed by atoms with Crippen molar-refractivity contribution in [3.05, 3.63) is 12.4 Å². The van der Waals surface area contributed by atoms with Crippen LogP contribution in [0.3, 0.4) is 0 Å². The van der Waals surface area contributed by atoms with Gasteiger partial charge in [-0.2, -0.15) is 0 Å². The molecule has 100 valence electrons. The Morgan fingerprint density at radius 1 is 1.50 bits per heavy atom. The van der Waals surface area contributed by atoms with E-state index in [2.05, 4.69) is 34.0 Å². The van der Waals surface area contributed by atoms with Gasteiger partial charge in [0.15, 0.2) is 0 Å². The van der Waals surface area contributed by atoms with Gasteiger partial charge in [-0.25, -0.2) is 9.97 Å². The molecule has 1 fully saturated rings. The van der Waals surface area contributed by atoms with Gasteiger partial charge in [-0.15, -0.1) is 11.8 Å². The molecule has 2 rings (SSSR count). The van der Waals surface area contributed by atoms with Crippen molar-refractivity contribution < 1.29 is 0 Å². The largest absolute Gasteiger partial charge is 0.370 e. The van der Waals surface area contributed by atoms with Gasteiger partial charge in [-0.05, 0) is 39.0 Å². The van der Waals surface area contributed by atoms with Gasteiger partial charge in [0, 0.05) is 25.2 Å². The minimum absolute atomic E-state index is 0.664. The van der Waals surface area contributed by atoms with Crippen LogP contribution < -0.4 is 5.32 Å². The Kier molecular flexibility index (Phi) is 4.83. The topological polar surface area (TPSA) is 41.0 Å². The van der Waals surface area contributed by atoms with Crippen LogP contribution in [0.1, 0.15) is 20.3 Å². The lowest BCUT2D eigenvalue weighted by molar-refractivity contribution is 0.266. The van der Waals surface area contributed by atoms with Crippen molar-refractivity contribution in [1.29, 1.82) is 0 Å². The fourth-order valence-corrected chi connectivity index (χ4v) is 2.68. The van der Waals surface area contributed by atoms with E-state index in [0.29, 0.717) is 6.04 Å². The first kappa shape index (κ1) is 13.6. The Morgan fingerprint density at radius 3 is 3.00 bits per heavy atom. The zero-order valence-corrected chi connectivity index (χ0v) is 12.2. The van der Waals surface area contributed by atoms with E-state index in [-0.39, 0.29) is 0 Å². The summed E-state index contributed by atoms with van der Waals surface area (Å²) < 4.78 is 0. The summed E-state index contributed by atoms with van der Waals surface area (Å²) >= 11 is 1.65. The van der Waals surface area contributed by atoms with E-state index in [9.17, 15) is 0 Å². The van der Waals surface area contributed by atoms with Gasteiger partial charge in [0.25, 0.3) is 0 Å². The molecule has 0 saturated carbocycles. The van der Waals surface area contributed by atoms with Crippen LogP contribution in [0.5, 0.6) is 0 Å². The SMILES string of the molecule is CSc1cc(NCC2CCN(C(C)C)C2)ncn1. The van der Waals surface area contributed by atoms with Crippen molar-refractivity contribution in [2.45, 2.75) is 31.3 Å².